The van der Waals surface area contributed by atoms with Crippen molar-refractivity contribution in [3.8, 4) is 34.0 Å². The minimum Gasteiger partial charge on any atom is -0.457 e. The standard InChI is InChI=1S/C49H28N2O/c1-3-15-31(16-4-1)50-39-23-11-7-19-35(39)45-41(50)29-27-33-34-28-30-42-46(36-20-8-12-24-40(36)51(42)32-17-5-2-6-18-32)48(34)49(47(33)45)37-21-9-13-25-43(37)52-44-26-14-10-22-38(44)49/h1-7,9-11,13-30H. The van der Waals surface area contributed by atoms with Crippen LogP contribution < -0.4 is 4.74 Å². The highest BCUT2D eigenvalue weighted by Crippen LogP contribution is 2.66. The molecule has 0 amide bonds. The van der Waals surface area contributed by atoms with Crippen LogP contribution in [0.15, 0.2) is 170 Å². The summed E-state index contributed by atoms with van der Waals surface area (Å²) in [5.41, 5.74) is 13.6. The summed E-state index contributed by atoms with van der Waals surface area (Å²) in [6.45, 7) is 0. The normalized spacial score (nSPS) is 13.5. The van der Waals surface area contributed by atoms with Gasteiger partial charge < -0.3 is 13.9 Å². The number of para-hydroxylation sites is 5. The average molecular weight is 661 g/mol. The van der Waals surface area contributed by atoms with Gasteiger partial charge in [0, 0.05) is 50.1 Å². The Labute approximate surface area is 300 Å². The summed E-state index contributed by atoms with van der Waals surface area (Å²) in [7, 11) is 0. The van der Waals surface area contributed by atoms with Crippen molar-refractivity contribution < 1.29 is 4.74 Å². The molecule has 1 aliphatic carbocycles. The first-order valence-corrected chi connectivity index (χ1v) is 17.8. The van der Waals surface area contributed by atoms with Gasteiger partial charge in [-0.05, 0) is 82.9 Å². The van der Waals surface area contributed by atoms with Gasteiger partial charge in [0.05, 0.1) is 27.5 Å². The Kier molecular flexibility index (Phi) is 5.36. The molecule has 3 heterocycles. The fourth-order valence-corrected chi connectivity index (χ4v) is 9.60. The molecule has 0 N–H and O–H groups in total. The van der Waals surface area contributed by atoms with Crippen LogP contribution in [0.5, 0.6) is 11.5 Å². The average Bonchev–Trinajstić information content (AvgIpc) is 3.83. The number of ether oxygens (including phenoxy) is 1. The Morgan fingerprint density at radius 3 is 1.54 bits per heavy atom. The Hall–Kier alpha value is -7.02. The van der Waals surface area contributed by atoms with Crippen molar-refractivity contribution in [1.82, 2.24) is 9.13 Å². The van der Waals surface area contributed by atoms with E-state index < -0.39 is 5.41 Å². The molecular formula is C49H28N2O. The number of aromatic nitrogens is 2. The Bertz CT molecular complexity index is 2880. The quantitative estimate of drug-likeness (QED) is 0.181. The van der Waals surface area contributed by atoms with E-state index in [0.29, 0.717) is 0 Å². The van der Waals surface area contributed by atoms with E-state index in [2.05, 4.69) is 191 Å². The molecule has 8 aromatic carbocycles. The number of benzene rings is 7. The van der Waals surface area contributed by atoms with Gasteiger partial charge in [-0.1, -0.05) is 115 Å². The van der Waals surface area contributed by atoms with Crippen molar-refractivity contribution in [2.24, 2.45) is 0 Å². The summed E-state index contributed by atoms with van der Waals surface area (Å²) in [5.74, 6) is 1.76. The zero-order chi connectivity index (χ0) is 34.0. The molecule has 2 aromatic heterocycles. The molecule has 0 bridgehead atoms. The molecule has 52 heavy (non-hydrogen) atoms. The molecule has 10 aromatic rings. The molecule has 3 nitrogen and oxygen atoms in total. The minimum absolute atomic E-state index is 0.698. The molecular weight excluding hydrogens is 633 g/mol. The van der Waals surface area contributed by atoms with Crippen LogP contribution in [0.4, 0.5) is 0 Å². The summed E-state index contributed by atoms with van der Waals surface area (Å²) < 4.78 is 11.6. The van der Waals surface area contributed by atoms with Crippen LogP contribution >= 0.6 is 0 Å². The van der Waals surface area contributed by atoms with Crippen LogP contribution in [-0.2, 0) is 5.41 Å². The third-order valence-corrected chi connectivity index (χ3v) is 11.4. The molecule has 240 valence electrons. The zero-order valence-electron chi connectivity index (χ0n) is 28.0. The van der Waals surface area contributed by atoms with Gasteiger partial charge >= 0.3 is 0 Å². The smallest absolute Gasteiger partial charge is 0.132 e. The SMILES string of the molecule is c1cc2c3c4c(ccc3n(-c3ccccc3)c2cc#1)-c1ccc2c(c1C41c3ccccc3Oc3ccccc31)c1ccccc1n2-c1ccccc1. The van der Waals surface area contributed by atoms with E-state index in [0.717, 1.165) is 50.4 Å². The van der Waals surface area contributed by atoms with Crippen LogP contribution in [0.3, 0.4) is 0 Å². The summed E-state index contributed by atoms with van der Waals surface area (Å²) in [6.07, 6.45) is 0. The van der Waals surface area contributed by atoms with Gasteiger partial charge in [-0.15, -0.1) is 0 Å². The summed E-state index contributed by atoms with van der Waals surface area (Å²) in [6, 6.07) is 67.9. The fourth-order valence-electron chi connectivity index (χ4n) is 9.60. The molecule has 0 saturated heterocycles. The summed E-state index contributed by atoms with van der Waals surface area (Å²) >= 11 is 0. The number of rotatable bonds is 2. The van der Waals surface area contributed by atoms with Crippen molar-refractivity contribution >= 4 is 43.6 Å². The monoisotopic (exact) mass is 660 g/mol. The first-order chi connectivity index (χ1) is 25.8. The van der Waals surface area contributed by atoms with Crippen LogP contribution in [0.1, 0.15) is 22.3 Å². The van der Waals surface area contributed by atoms with Gasteiger partial charge in [0.1, 0.15) is 11.5 Å². The molecule has 2 aliphatic rings. The van der Waals surface area contributed by atoms with Gasteiger partial charge in [-0.2, -0.15) is 0 Å². The lowest BCUT2D eigenvalue weighted by molar-refractivity contribution is 0.437. The third-order valence-electron chi connectivity index (χ3n) is 11.4. The van der Waals surface area contributed by atoms with E-state index in [1.807, 2.05) is 0 Å². The first-order valence-electron chi connectivity index (χ1n) is 17.8. The largest absolute Gasteiger partial charge is 0.457 e. The van der Waals surface area contributed by atoms with Crippen molar-refractivity contribution in [2.75, 3.05) is 0 Å². The number of fused-ring (bicyclic) bond motifs is 17. The van der Waals surface area contributed by atoms with Gasteiger partial charge in [0.15, 0.2) is 0 Å². The fraction of sp³-hybridized carbons (Fsp3) is 0.0204. The van der Waals surface area contributed by atoms with Crippen LogP contribution in [0.2, 0.25) is 0 Å². The molecule has 1 spiro atoms. The second kappa shape index (κ2) is 10.0. The third kappa shape index (κ3) is 3.32. The van der Waals surface area contributed by atoms with E-state index in [9.17, 15) is 0 Å². The first kappa shape index (κ1) is 27.8. The molecule has 3 heteroatoms. The predicted molar refractivity (Wildman–Crippen MR) is 210 cm³/mol. The maximum atomic E-state index is 6.82. The number of nitrogens with zero attached hydrogens (tertiary/aromatic N) is 2. The maximum absolute atomic E-state index is 6.82. The minimum atomic E-state index is -0.698. The molecule has 0 unspecified atom stereocenters. The second-order valence-electron chi connectivity index (χ2n) is 13.8. The Morgan fingerprint density at radius 1 is 0.404 bits per heavy atom. The zero-order valence-corrected chi connectivity index (χ0v) is 28.0. The van der Waals surface area contributed by atoms with Crippen LogP contribution in [0.25, 0.3) is 66.1 Å². The highest BCUT2D eigenvalue weighted by molar-refractivity contribution is 6.20. The number of hydrogen-bond acceptors (Lipinski definition) is 1. The van der Waals surface area contributed by atoms with Crippen molar-refractivity contribution in [2.45, 2.75) is 5.41 Å². The summed E-state index contributed by atoms with van der Waals surface area (Å²) in [5, 5.41) is 4.88. The van der Waals surface area contributed by atoms with E-state index in [4.69, 9.17) is 4.74 Å². The van der Waals surface area contributed by atoms with E-state index >= 15 is 0 Å². The highest BCUT2D eigenvalue weighted by Gasteiger charge is 2.53. The Balaban J connectivity index is 1.35. The number of hydrogen-bond donors (Lipinski definition) is 0. The summed E-state index contributed by atoms with van der Waals surface area (Å²) in [4.78, 5) is 0. The van der Waals surface area contributed by atoms with Crippen molar-refractivity contribution in [1.29, 1.82) is 0 Å². The Morgan fingerprint density at radius 2 is 0.904 bits per heavy atom. The van der Waals surface area contributed by atoms with Crippen LogP contribution in [0, 0.1) is 12.1 Å². The molecule has 0 radical (unpaired) electrons. The van der Waals surface area contributed by atoms with Crippen LogP contribution in [-0.4, -0.2) is 9.13 Å². The molecule has 1 aliphatic heterocycles. The van der Waals surface area contributed by atoms with E-state index in [1.54, 1.807) is 0 Å². The molecule has 0 fully saturated rings. The lowest BCUT2D eigenvalue weighted by atomic mass is 9.64. The molecule has 0 atom stereocenters. The lowest BCUT2D eigenvalue weighted by Crippen LogP contribution is -2.32. The van der Waals surface area contributed by atoms with Crippen molar-refractivity contribution in [3.05, 3.63) is 204 Å². The van der Waals surface area contributed by atoms with Gasteiger partial charge in [-0.25, -0.2) is 0 Å². The molecule has 0 saturated carbocycles. The second-order valence-corrected chi connectivity index (χ2v) is 13.8. The highest BCUT2D eigenvalue weighted by atomic mass is 16.5. The van der Waals surface area contributed by atoms with Gasteiger partial charge in [0.25, 0.3) is 0 Å². The van der Waals surface area contributed by atoms with Gasteiger partial charge in [0.2, 0.25) is 0 Å². The molecule has 12 rings (SSSR count). The van der Waals surface area contributed by atoms with Crippen molar-refractivity contribution in [3.63, 3.8) is 0 Å². The van der Waals surface area contributed by atoms with Gasteiger partial charge in [-0.3, -0.25) is 0 Å². The van der Waals surface area contributed by atoms with E-state index in [-0.39, 0.29) is 0 Å². The topological polar surface area (TPSA) is 19.1 Å². The van der Waals surface area contributed by atoms with E-state index in [1.165, 1.54) is 49.4 Å². The lowest BCUT2D eigenvalue weighted by Gasteiger charge is -2.40. The maximum Gasteiger partial charge on any atom is 0.132 e. The predicted octanol–water partition coefficient (Wildman–Crippen LogP) is 11.9.